The molecular formula is C23H24N6OS. The third kappa shape index (κ3) is 3.81. The van der Waals surface area contributed by atoms with Crippen LogP contribution in [0, 0.1) is 22.7 Å². The first-order valence-corrected chi connectivity index (χ1v) is 11.4. The second-order valence-electron chi connectivity index (χ2n) is 7.82. The summed E-state index contributed by atoms with van der Waals surface area (Å²) >= 11 is 1.49. The molecule has 0 spiro atoms. The van der Waals surface area contributed by atoms with E-state index in [1.807, 2.05) is 34.9 Å². The average molecular weight is 433 g/mol. The Balaban J connectivity index is 1.84. The lowest BCUT2D eigenvalue weighted by Gasteiger charge is -2.24. The monoisotopic (exact) mass is 432 g/mol. The highest BCUT2D eigenvalue weighted by atomic mass is 32.2. The van der Waals surface area contributed by atoms with Gasteiger partial charge in [0.1, 0.15) is 41.4 Å². The fourth-order valence-corrected chi connectivity index (χ4v) is 4.75. The number of nitriles is 2. The Bertz CT molecular complexity index is 1210. The minimum absolute atomic E-state index is 0.346. The minimum atomic E-state index is -0.346. The molecule has 0 amide bonds. The number of nitrogens with zero attached hydrogens (tertiary/aromatic N) is 4. The molecule has 0 radical (unpaired) electrons. The van der Waals surface area contributed by atoms with E-state index in [1.54, 1.807) is 13.2 Å². The maximum atomic E-state index is 9.79. The van der Waals surface area contributed by atoms with Crippen molar-refractivity contribution in [2.75, 3.05) is 25.2 Å². The van der Waals surface area contributed by atoms with Crippen molar-refractivity contribution in [3.63, 3.8) is 0 Å². The number of nitrogens with two attached hydrogens (primary N) is 1. The molecule has 158 valence electrons. The van der Waals surface area contributed by atoms with Gasteiger partial charge in [-0.15, -0.1) is 11.8 Å². The fraction of sp³-hybridized carbons (Fsp3) is 0.348. The summed E-state index contributed by atoms with van der Waals surface area (Å²) in [5.74, 6) is 0.513. The van der Waals surface area contributed by atoms with Crippen LogP contribution in [0.4, 0.5) is 5.69 Å². The molecule has 4 rings (SSSR count). The number of imidazole rings is 1. The van der Waals surface area contributed by atoms with Crippen molar-refractivity contribution < 1.29 is 4.74 Å². The lowest BCUT2D eigenvalue weighted by Crippen LogP contribution is -2.42. The summed E-state index contributed by atoms with van der Waals surface area (Å²) in [6.45, 7) is 0.374. The van der Waals surface area contributed by atoms with Gasteiger partial charge >= 0.3 is 0 Å². The van der Waals surface area contributed by atoms with Gasteiger partial charge in [0.25, 0.3) is 0 Å². The number of pyridine rings is 1. The number of anilines is 1. The molecular weight excluding hydrogens is 408 g/mol. The normalized spacial score (nSPS) is 14.9. The lowest BCUT2D eigenvalue weighted by atomic mass is 10.0. The van der Waals surface area contributed by atoms with Crippen LogP contribution in [0.5, 0.6) is 5.75 Å². The molecule has 1 aliphatic rings. The molecule has 8 heteroatoms. The standard InChI is InChI=1S/C23H24N6OS/c1-27-17-5-6-22-28-13-19(29(22)18(17)12-25)15-9-20(16(11-24)21(10-15)31-2)30-14-23(26)7-3-4-8-23/h5-6,9-10,13,27H,3-4,7-8,14,26H2,1-2H3. The van der Waals surface area contributed by atoms with E-state index in [2.05, 4.69) is 22.4 Å². The maximum absolute atomic E-state index is 9.79. The molecule has 2 heterocycles. The first-order chi connectivity index (χ1) is 15.0. The molecule has 1 saturated carbocycles. The van der Waals surface area contributed by atoms with E-state index in [4.69, 9.17) is 10.5 Å². The van der Waals surface area contributed by atoms with Crippen LogP contribution < -0.4 is 15.8 Å². The molecule has 0 bridgehead atoms. The van der Waals surface area contributed by atoms with Gasteiger partial charge in [-0.25, -0.2) is 4.98 Å². The van der Waals surface area contributed by atoms with Crippen LogP contribution in [0.2, 0.25) is 0 Å². The van der Waals surface area contributed by atoms with Crippen molar-refractivity contribution in [3.05, 3.63) is 41.7 Å². The molecule has 2 aromatic heterocycles. The lowest BCUT2D eigenvalue weighted by molar-refractivity contribution is 0.219. The summed E-state index contributed by atoms with van der Waals surface area (Å²) in [7, 11) is 1.78. The second kappa shape index (κ2) is 8.50. The smallest absolute Gasteiger partial charge is 0.149 e. The summed E-state index contributed by atoms with van der Waals surface area (Å²) in [5, 5.41) is 22.6. The van der Waals surface area contributed by atoms with Gasteiger partial charge < -0.3 is 15.8 Å². The first-order valence-electron chi connectivity index (χ1n) is 10.2. The molecule has 1 fully saturated rings. The van der Waals surface area contributed by atoms with E-state index in [0.717, 1.165) is 47.5 Å². The zero-order chi connectivity index (χ0) is 22.0. The summed E-state index contributed by atoms with van der Waals surface area (Å²) in [6, 6.07) is 12.1. The Kier molecular flexibility index (Phi) is 5.77. The average Bonchev–Trinajstić information content (AvgIpc) is 3.43. The Morgan fingerprint density at radius 3 is 2.68 bits per heavy atom. The Morgan fingerprint density at radius 2 is 2.03 bits per heavy atom. The van der Waals surface area contributed by atoms with Crippen LogP contribution in [-0.4, -0.2) is 34.8 Å². The van der Waals surface area contributed by atoms with Gasteiger partial charge in [-0.2, -0.15) is 10.5 Å². The largest absolute Gasteiger partial charge is 0.490 e. The Hall–Kier alpha value is -3.20. The number of aromatic nitrogens is 2. The third-order valence-electron chi connectivity index (χ3n) is 5.85. The molecule has 0 atom stereocenters. The SMILES string of the molecule is CNc1ccc2ncc(-c3cc(OCC4(N)CCCC4)c(C#N)c(SC)c3)n2c1C#N. The Morgan fingerprint density at radius 1 is 1.26 bits per heavy atom. The number of rotatable bonds is 6. The first kappa shape index (κ1) is 21.0. The van der Waals surface area contributed by atoms with Crippen LogP contribution >= 0.6 is 11.8 Å². The molecule has 1 aliphatic carbocycles. The highest BCUT2D eigenvalue weighted by Crippen LogP contribution is 2.37. The predicted molar refractivity (Wildman–Crippen MR) is 122 cm³/mol. The highest BCUT2D eigenvalue weighted by molar-refractivity contribution is 7.98. The van der Waals surface area contributed by atoms with Gasteiger partial charge in [0, 0.05) is 17.5 Å². The number of thioether (sulfide) groups is 1. The molecule has 1 aromatic carbocycles. The molecule has 3 aromatic rings. The number of fused-ring (bicyclic) bond motifs is 1. The topological polar surface area (TPSA) is 112 Å². The van der Waals surface area contributed by atoms with Crippen LogP contribution in [-0.2, 0) is 0 Å². The highest BCUT2D eigenvalue weighted by Gasteiger charge is 2.30. The van der Waals surface area contributed by atoms with E-state index >= 15 is 0 Å². The van der Waals surface area contributed by atoms with Crippen LogP contribution in [0.3, 0.4) is 0 Å². The summed E-state index contributed by atoms with van der Waals surface area (Å²) < 4.78 is 7.96. The predicted octanol–water partition coefficient (Wildman–Crippen LogP) is 4.16. The van der Waals surface area contributed by atoms with Crippen molar-refractivity contribution in [2.45, 2.75) is 36.1 Å². The van der Waals surface area contributed by atoms with Crippen LogP contribution in [0.15, 0.2) is 35.4 Å². The number of ether oxygens (including phenoxy) is 1. The van der Waals surface area contributed by atoms with Crippen LogP contribution in [0.1, 0.15) is 36.9 Å². The van der Waals surface area contributed by atoms with E-state index in [1.165, 1.54) is 11.8 Å². The molecule has 0 aliphatic heterocycles. The second-order valence-corrected chi connectivity index (χ2v) is 8.66. The fourth-order valence-electron chi connectivity index (χ4n) is 4.16. The summed E-state index contributed by atoms with van der Waals surface area (Å²) in [4.78, 5) is 5.29. The molecule has 31 heavy (non-hydrogen) atoms. The van der Waals surface area contributed by atoms with Gasteiger partial charge in [-0.3, -0.25) is 4.40 Å². The van der Waals surface area contributed by atoms with Crippen molar-refractivity contribution in [1.82, 2.24) is 9.38 Å². The van der Waals surface area contributed by atoms with Gasteiger partial charge in [0.2, 0.25) is 0 Å². The molecule has 7 nitrogen and oxygen atoms in total. The van der Waals surface area contributed by atoms with Gasteiger partial charge in [0.15, 0.2) is 0 Å². The summed E-state index contributed by atoms with van der Waals surface area (Å²) in [6.07, 6.45) is 7.73. The molecule has 0 unspecified atom stereocenters. The number of nitrogens with one attached hydrogen (secondary N) is 1. The number of hydrogen-bond acceptors (Lipinski definition) is 7. The quantitative estimate of drug-likeness (QED) is 0.562. The van der Waals surface area contributed by atoms with Crippen molar-refractivity contribution in [2.24, 2.45) is 5.73 Å². The minimum Gasteiger partial charge on any atom is -0.490 e. The van der Waals surface area contributed by atoms with E-state index in [-0.39, 0.29) is 5.54 Å². The van der Waals surface area contributed by atoms with Crippen molar-refractivity contribution >= 4 is 23.1 Å². The zero-order valence-corrected chi connectivity index (χ0v) is 18.4. The van der Waals surface area contributed by atoms with E-state index in [9.17, 15) is 10.5 Å². The van der Waals surface area contributed by atoms with E-state index < -0.39 is 0 Å². The third-order valence-corrected chi connectivity index (χ3v) is 6.61. The number of benzene rings is 1. The molecule has 3 N–H and O–H groups in total. The van der Waals surface area contributed by atoms with Gasteiger partial charge in [-0.05, 0) is 43.4 Å². The van der Waals surface area contributed by atoms with Gasteiger partial charge in [0.05, 0.1) is 23.1 Å². The Labute approximate surface area is 185 Å². The maximum Gasteiger partial charge on any atom is 0.149 e. The van der Waals surface area contributed by atoms with Crippen LogP contribution in [0.25, 0.3) is 16.9 Å². The van der Waals surface area contributed by atoms with Gasteiger partial charge in [-0.1, -0.05) is 12.8 Å². The zero-order valence-electron chi connectivity index (χ0n) is 17.6. The number of hydrogen-bond donors (Lipinski definition) is 2. The van der Waals surface area contributed by atoms with E-state index in [0.29, 0.717) is 29.3 Å². The van der Waals surface area contributed by atoms with Crippen molar-refractivity contribution in [3.8, 4) is 29.1 Å². The summed E-state index contributed by atoms with van der Waals surface area (Å²) in [5.41, 5.74) is 10.1. The molecule has 0 saturated heterocycles. The van der Waals surface area contributed by atoms with Crippen molar-refractivity contribution in [1.29, 1.82) is 10.5 Å².